The summed E-state index contributed by atoms with van der Waals surface area (Å²) in [5.74, 6) is -2.17. The third-order valence-electron chi connectivity index (χ3n) is 0. The molecule has 0 aromatic rings. The van der Waals surface area contributed by atoms with Crippen molar-refractivity contribution in [3.05, 3.63) is 0 Å². The molecule has 0 aliphatic heterocycles. The van der Waals surface area contributed by atoms with E-state index < -0.39 is 11.9 Å². The van der Waals surface area contributed by atoms with Crippen molar-refractivity contribution in [2.45, 2.75) is 13.8 Å². The van der Waals surface area contributed by atoms with Crippen LogP contribution in [0.4, 0.5) is 0 Å². The van der Waals surface area contributed by atoms with Crippen molar-refractivity contribution < 1.29 is 65.7 Å². The summed E-state index contributed by atoms with van der Waals surface area (Å²) in [5.41, 5.74) is 0. The van der Waals surface area contributed by atoms with Crippen LogP contribution < -0.4 is 47.3 Å². The van der Waals surface area contributed by atoms with Gasteiger partial charge in [-0.1, -0.05) is 0 Å². The summed E-state index contributed by atoms with van der Waals surface area (Å²) in [6.07, 6.45) is 0. The molecular weight excluding hydrogens is 406 g/mol. The minimum absolute atomic E-state index is 0. The summed E-state index contributed by atoms with van der Waals surface area (Å²) < 4.78 is 0. The molecule has 0 saturated carbocycles. The zero-order valence-corrected chi connectivity index (χ0v) is 10.9. The Morgan fingerprint density at radius 1 is 0.846 bits per heavy atom. The van der Waals surface area contributed by atoms with E-state index >= 15 is 0 Å². The first-order valence-corrected chi connectivity index (χ1v) is 1.82. The molecule has 0 unspecified atom stereocenters. The number of carbonyl (C=O) groups is 2. The van der Waals surface area contributed by atoms with Gasteiger partial charge in [-0.2, -0.15) is 0 Å². The standard InChI is InChI=1S/2C2H4O2.2ClH.2H3N.Pt/c2*1-2(3)4;;;;;/h2*1H3,(H,3,4);2*1H;2*1H3;/q;;;;;;+4/p-4. The van der Waals surface area contributed by atoms with E-state index in [0.29, 0.717) is 0 Å². The van der Waals surface area contributed by atoms with Gasteiger partial charge in [0.2, 0.25) is 0 Å². The first kappa shape index (κ1) is 51.4. The average molecular weight is 418 g/mol. The van der Waals surface area contributed by atoms with Gasteiger partial charge < -0.3 is 56.9 Å². The molecule has 0 bridgehead atoms. The van der Waals surface area contributed by atoms with E-state index in [2.05, 4.69) is 0 Å². The number of hydrogen-bond donors (Lipinski definition) is 2. The second-order valence-corrected chi connectivity index (χ2v) is 0.983. The second-order valence-electron chi connectivity index (χ2n) is 0.983. The molecule has 86 valence electrons. The molecule has 0 atom stereocenters. The van der Waals surface area contributed by atoms with Crippen LogP contribution in [0.1, 0.15) is 13.8 Å². The predicted octanol–water partition coefficient (Wildman–Crippen LogP) is -8.16. The van der Waals surface area contributed by atoms with Crippen LogP contribution in [0, 0.1) is 0 Å². The van der Waals surface area contributed by atoms with Crippen LogP contribution in [0.15, 0.2) is 0 Å². The molecule has 0 amide bonds. The summed E-state index contributed by atoms with van der Waals surface area (Å²) in [7, 11) is 0. The average Bonchev–Trinajstić information content (AvgIpc) is 1.25. The predicted molar refractivity (Wildman–Crippen MR) is 31.4 cm³/mol. The monoisotopic (exact) mass is 417 g/mol. The number of aliphatic carboxylic acids is 2. The Morgan fingerprint density at radius 3 is 0.846 bits per heavy atom. The van der Waals surface area contributed by atoms with Gasteiger partial charge in [0.25, 0.3) is 0 Å². The Hall–Kier alpha value is 0.128. The SMILES string of the molecule is CC(=O)[O-].CC(=O)[O-].N.N.[Cl-].[Cl-].[Pt+4]. The minimum atomic E-state index is -1.08. The van der Waals surface area contributed by atoms with Crippen molar-refractivity contribution in [1.29, 1.82) is 0 Å². The topological polar surface area (TPSA) is 150 Å². The van der Waals surface area contributed by atoms with Crippen LogP contribution in [0.3, 0.4) is 0 Å². The summed E-state index contributed by atoms with van der Waals surface area (Å²) >= 11 is 0. The maximum Gasteiger partial charge on any atom is 4.00 e. The molecule has 6 nitrogen and oxygen atoms in total. The molecule has 0 saturated heterocycles. The molecule has 0 rings (SSSR count). The summed E-state index contributed by atoms with van der Waals surface area (Å²) in [6, 6.07) is 0. The number of carboxylic acids is 2. The molecule has 0 aliphatic rings. The first-order chi connectivity index (χ1) is 3.46. The number of rotatable bonds is 0. The molecule has 0 aliphatic carbocycles. The van der Waals surface area contributed by atoms with E-state index in [4.69, 9.17) is 19.8 Å². The van der Waals surface area contributed by atoms with Crippen molar-refractivity contribution in [1.82, 2.24) is 12.3 Å². The minimum Gasteiger partial charge on any atom is -1.00 e. The normalized spacial score (nSPS) is 3.85. The molecule has 0 fully saturated rings. The third-order valence-corrected chi connectivity index (χ3v) is 0. The molecule has 0 radical (unpaired) electrons. The van der Waals surface area contributed by atoms with E-state index in [-0.39, 0.29) is 58.2 Å². The third kappa shape index (κ3) is 75600. The van der Waals surface area contributed by atoms with Gasteiger partial charge in [-0.25, -0.2) is 0 Å². The van der Waals surface area contributed by atoms with E-state index in [0.717, 1.165) is 13.8 Å². The van der Waals surface area contributed by atoms with Crippen LogP contribution in [-0.2, 0) is 30.7 Å². The van der Waals surface area contributed by atoms with Crippen molar-refractivity contribution in [2.24, 2.45) is 0 Å². The molecule has 0 aromatic heterocycles. The fraction of sp³-hybridized carbons (Fsp3) is 0.500. The zero-order chi connectivity index (χ0) is 7.15. The molecule has 9 heteroatoms. The molecule has 0 heterocycles. The number of carboxylic acid groups (broad SMARTS) is 2. The Bertz CT molecular complexity index is 86.1. The van der Waals surface area contributed by atoms with E-state index in [1.807, 2.05) is 0 Å². The second kappa shape index (κ2) is 40.0. The quantitative estimate of drug-likeness (QED) is 0.399. The fourth-order valence-corrected chi connectivity index (χ4v) is 0. The number of hydrogen-bond acceptors (Lipinski definition) is 6. The van der Waals surface area contributed by atoms with E-state index in [1.54, 1.807) is 0 Å². The molecule has 6 N–H and O–H groups in total. The van der Waals surface area contributed by atoms with Crippen LogP contribution >= 0.6 is 0 Å². The van der Waals surface area contributed by atoms with Crippen LogP contribution in [0.5, 0.6) is 0 Å². The first-order valence-electron chi connectivity index (χ1n) is 1.82. The van der Waals surface area contributed by atoms with Gasteiger partial charge >= 0.3 is 21.1 Å². The Labute approximate surface area is 104 Å². The van der Waals surface area contributed by atoms with E-state index in [9.17, 15) is 0 Å². The van der Waals surface area contributed by atoms with Crippen molar-refractivity contribution in [3.8, 4) is 0 Å². The van der Waals surface area contributed by atoms with Gasteiger partial charge in [-0.3, -0.25) is 0 Å². The summed E-state index contributed by atoms with van der Waals surface area (Å²) in [4.78, 5) is 17.8. The van der Waals surface area contributed by atoms with Gasteiger partial charge in [0.15, 0.2) is 0 Å². The Balaban J connectivity index is -0.00000000800. The summed E-state index contributed by atoms with van der Waals surface area (Å²) in [6.45, 7) is 1.94. The molecular formula is C4H12Cl2N2O4Pt. The number of halogens is 2. The molecule has 0 spiro atoms. The molecule has 13 heavy (non-hydrogen) atoms. The Morgan fingerprint density at radius 2 is 0.846 bits per heavy atom. The smallest absolute Gasteiger partial charge is 1.00 e. The van der Waals surface area contributed by atoms with Gasteiger partial charge in [-0.15, -0.1) is 0 Å². The van der Waals surface area contributed by atoms with Gasteiger partial charge in [0, 0.05) is 11.9 Å². The number of carbonyl (C=O) groups excluding carboxylic acids is 2. The fourth-order valence-electron chi connectivity index (χ4n) is 0. The van der Waals surface area contributed by atoms with Crippen LogP contribution in [0.25, 0.3) is 0 Å². The van der Waals surface area contributed by atoms with Gasteiger partial charge in [-0.05, 0) is 13.8 Å². The van der Waals surface area contributed by atoms with E-state index in [1.165, 1.54) is 0 Å². The van der Waals surface area contributed by atoms with Gasteiger partial charge in [0.05, 0.1) is 0 Å². The summed E-state index contributed by atoms with van der Waals surface area (Å²) in [5, 5.41) is 17.8. The van der Waals surface area contributed by atoms with Crippen molar-refractivity contribution >= 4 is 11.9 Å². The largest absolute Gasteiger partial charge is 4.00 e. The maximum absolute atomic E-state index is 8.89. The van der Waals surface area contributed by atoms with Crippen LogP contribution in [0.2, 0.25) is 0 Å². The molecule has 0 aromatic carbocycles. The Kier molecular flexibility index (Phi) is 158. The zero-order valence-electron chi connectivity index (χ0n) is 7.12. The van der Waals surface area contributed by atoms with Crippen LogP contribution in [-0.4, -0.2) is 11.9 Å². The maximum atomic E-state index is 8.89. The van der Waals surface area contributed by atoms with Gasteiger partial charge in [0.1, 0.15) is 0 Å². The van der Waals surface area contributed by atoms with Crippen molar-refractivity contribution in [2.75, 3.05) is 0 Å². The van der Waals surface area contributed by atoms with Crippen molar-refractivity contribution in [3.63, 3.8) is 0 Å².